The Bertz CT molecular complexity index is 1060. The molecule has 4 aliphatic rings. The van der Waals surface area contributed by atoms with Gasteiger partial charge in [-0.25, -0.2) is 9.89 Å². The van der Waals surface area contributed by atoms with Gasteiger partial charge in [0.2, 0.25) is 11.8 Å². The molecule has 3 amide bonds. The molecule has 1 unspecified atom stereocenters. The highest BCUT2D eigenvalue weighted by Gasteiger charge is 2.41. The molecule has 192 valence electrons. The Morgan fingerprint density at radius 1 is 0.917 bits per heavy atom. The van der Waals surface area contributed by atoms with E-state index in [1.165, 1.54) is 24.6 Å². The highest BCUT2D eigenvalue weighted by Crippen LogP contribution is 2.34. The van der Waals surface area contributed by atoms with Crippen LogP contribution in [0.2, 0.25) is 0 Å². The van der Waals surface area contributed by atoms with E-state index in [9.17, 15) is 14.4 Å². The van der Waals surface area contributed by atoms with Crippen LogP contribution in [-0.2, 0) is 14.4 Å². The summed E-state index contributed by atoms with van der Waals surface area (Å²) in [6.45, 7) is 0. The molecular weight excluding hydrogens is 474 g/mol. The molecule has 0 aromatic heterocycles. The van der Waals surface area contributed by atoms with E-state index < -0.39 is 6.04 Å². The highest BCUT2D eigenvalue weighted by molar-refractivity contribution is 8.14. The molecule has 0 saturated heterocycles. The van der Waals surface area contributed by atoms with Crippen LogP contribution < -0.4 is 10.6 Å². The molecule has 36 heavy (non-hydrogen) atoms. The lowest BCUT2D eigenvalue weighted by molar-refractivity contribution is -0.125. The molecule has 1 atom stereocenters. The standard InChI is InChI=1S/C27H35N5O3S/c33-23(28-18-9-3-1-4-10-18)16-15-22-26(35)32-25(30-22)20-13-7-8-14-21(20)31-27(32)36-17-24(34)29-19-11-5-2-6-12-19/h7-8,13-14,18-19,22H,1-6,9-12,15-17H2,(H,28,33)(H,29,34). The largest absolute Gasteiger partial charge is 0.353 e. The first kappa shape index (κ1) is 25.0. The number of carbonyl (C=O) groups is 3. The zero-order valence-electron chi connectivity index (χ0n) is 20.7. The first-order valence-corrected chi connectivity index (χ1v) is 14.4. The Morgan fingerprint density at radius 2 is 1.56 bits per heavy atom. The van der Waals surface area contributed by atoms with Crippen LogP contribution in [0, 0.1) is 0 Å². The number of carbonyl (C=O) groups excluding carboxylic acids is 3. The van der Waals surface area contributed by atoms with Crippen molar-refractivity contribution in [3.05, 3.63) is 29.8 Å². The fraction of sp³-hybridized carbons (Fsp3) is 0.593. The summed E-state index contributed by atoms with van der Waals surface area (Å²) in [5, 5.41) is 6.73. The fourth-order valence-electron chi connectivity index (χ4n) is 5.55. The number of amides is 3. The molecule has 2 fully saturated rings. The van der Waals surface area contributed by atoms with Crippen molar-refractivity contribution >= 4 is 46.2 Å². The number of rotatable bonds is 7. The predicted molar refractivity (Wildman–Crippen MR) is 142 cm³/mol. The van der Waals surface area contributed by atoms with Crippen LogP contribution in [0.1, 0.15) is 82.6 Å². The van der Waals surface area contributed by atoms with Crippen molar-refractivity contribution in [3.63, 3.8) is 0 Å². The second kappa shape index (κ2) is 11.6. The normalized spacial score (nSPS) is 22.4. The van der Waals surface area contributed by atoms with Gasteiger partial charge >= 0.3 is 0 Å². The number of aliphatic imine (C=N–C) groups is 2. The maximum atomic E-state index is 13.4. The van der Waals surface area contributed by atoms with Gasteiger partial charge < -0.3 is 10.6 Å². The average molecular weight is 510 g/mol. The van der Waals surface area contributed by atoms with Gasteiger partial charge in [0.25, 0.3) is 5.91 Å². The van der Waals surface area contributed by atoms with Gasteiger partial charge in [-0.3, -0.25) is 19.4 Å². The first-order chi connectivity index (χ1) is 17.6. The number of hydrogen-bond donors (Lipinski definition) is 2. The van der Waals surface area contributed by atoms with Gasteiger partial charge in [0, 0.05) is 24.1 Å². The zero-order valence-corrected chi connectivity index (χ0v) is 21.5. The van der Waals surface area contributed by atoms with Crippen LogP contribution in [0.25, 0.3) is 0 Å². The van der Waals surface area contributed by atoms with E-state index in [1.807, 2.05) is 24.3 Å². The molecule has 1 aromatic rings. The van der Waals surface area contributed by atoms with Crippen LogP contribution in [-0.4, -0.2) is 57.5 Å². The molecule has 0 spiro atoms. The second-order valence-electron chi connectivity index (χ2n) is 10.2. The Hall–Kier alpha value is -2.68. The minimum Gasteiger partial charge on any atom is -0.353 e. The molecule has 0 bridgehead atoms. The molecule has 2 N–H and O–H groups in total. The number of nitrogens with one attached hydrogen (secondary N) is 2. The smallest absolute Gasteiger partial charge is 0.259 e. The zero-order chi connectivity index (χ0) is 24.9. The van der Waals surface area contributed by atoms with E-state index in [0.29, 0.717) is 17.4 Å². The van der Waals surface area contributed by atoms with Crippen LogP contribution in [0.3, 0.4) is 0 Å². The van der Waals surface area contributed by atoms with Gasteiger partial charge in [-0.15, -0.1) is 0 Å². The summed E-state index contributed by atoms with van der Waals surface area (Å²) in [7, 11) is 0. The quantitative estimate of drug-likeness (QED) is 0.579. The van der Waals surface area contributed by atoms with E-state index in [4.69, 9.17) is 9.98 Å². The summed E-state index contributed by atoms with van der Waals surface area (Å²) in [6, 6.07) is 7.49. The molecule has 1 aromatic carbocycles. The van der Waals surface area contributed by atoms with Gasteiger partial charge in [0.15, 0.2) is 5.17 Å². The third-order valence-electron chi connectivity index (χ3n) is 7.47. The molecule has 2 saturated carbocycles. The summed E-state index contributed by atoms with van der Waals surface area (Å²) < 4.78 is 0. The third-order valence-corrected chi connectivity index (χ3v) is 8.40. The van der Waals surface area contributed by atoms with Crippen LogP contribution in [0.15, 0.2) is 34.3 Å². The number of para-hydroxylation sites is 1. The Labute approximate surface area is 216 Å². The van der Waals surface area contributed by atoms with Gasteiger partial charge in [0.1, 0.15) is 11.9 Å². The van der Waals surface area contributed by atoms with Crippen LogP contribution in [0.4, 0.5) is 5.69 Å². The first-order valence-electron chi connectivity index (χ1n) is 13.4. The Morgan fingerprint density at radius 3 is 2.25 bits per heavy atom. The van der Waals surface area contributed by atoms with Gasteiger partial charge in [0.05, 0.1) is 11.4 Å². The maximum Gasteiger partial charge on any atom is 0.259 e. The number of fused-ring (bicyclic) bond motifs is 3. The number of thioether (sulfide) groups is 1. The van der Waals surface area contributed by atoms with Crippen LogP contribution in [0.5, 0.6) is 0 Å². The molecule has 2 aliphatic carbocycles. The minimum absolute atomic E-state index is 0.0113. The maximum absolute atomic E-state index is 13.4. The van der Waals surface area contributed by atoms with Gasteiger partial charge in [-0.2, -0.15) is 0 Å². The lowest BCUT2D eigenvalue weighted by Gasteiger charge is -2.26. The van der Waals surface area contributed by atoms with E-state index in [0.717, 1.165) is 62.6 Å². The van der Waals surface area contributed by atoms with Crippen molar-refractivity contribution in [2.75, 3.05) is 5.75 Å². The third kappa shape index (κ3) is 5.82. The number of benzene rings is 1. The SMILES string of the molecule is O=C(CCC1N=C2c3ccccc3N=C(SCC(=O)NC3CCCCC3)N2C1=O)NC1CCCCC1. The summed E-state index contributed by atoms with van der Waals surface area (Å²) >= 11 is 1.27. The topological polar surface area (TPSA) is 103 Å². The van der Waals surface area contributed by atoms with Crippen LogP contribution >= 0.6 is 11.8 Å². The van der Waals surface area contributed by atoms with E-state index in [2.05, 4.69) is 10.6 Å². The number of amidine groups is 2. The highest BCUT2D eigenvalue weighted by atomic mass is 32.2. The Kier molecular flexibility index (Phi) is 8.04. The lowest BCUT2D eigenvalue weighted by atomic mass is 9.95. The average Bonchev–Trinajstić information content (AvgIpc) is 3.24. The molecule has 5 rings (SSSR count). The Balaban J connectivity index is 1.23. The molecule has 9 heteroatoms. The number of hydrogen-bond acceptors (Lipinski definition) is 6. The van der Waals surface area contributed by atoms with Gasteiger partial charge in [-0.1, -0.05) is 62.4 Å². The van der Waals surface area contributed by atoms with Crippen molar-refractivity contribution in [2.24, 2.45) is 9.98 Å². The van der Waals surface area contributed by atoms with Crippen molar-refractivity contribution in [2.45, 2.75) is 95.2 Å². The summed E-state index contributed by atoms with van der Waals surface area (Å²) in [5.41, 5.74) is 1.54. The van der Waals surface area contributed by atoms with E-state index in [-0.39, 0.29) is 42.0 Å². The predicted octanol–water partition coefficient (Wildman–Crippen LogP) is 4.06. The molecule has 2 heterocycles. The molecule has 0 radical (unpaired) electrons. The van der Waals surface area contributed by atoms with Crippen molar-refractivity contribution in [1.82, 2.24) is 15.5 Å². The molecule has 2 aliphatic heterocycles. The number of nitrogens with zero attached hydrogens (tertiary/aromatic N) is 3. The van der Waals surface area contributed by atoms with E-state index >= 15 is 0 Å². The second-order valence-corrected chi connectivity index (χ2v) is 11.1. The van der Waals surface area contributed by atoms with E-state index in [1.54, 1.807) is 4.90 Å². The van der Waals surface area contributed by atoms with Gasteiger partial charge in [-0.05, 0) is 44.2 Å². The summed E-state index contributed by atoms with van der Waals surface area (Å²) in [6.07, 6.45) is 11.9. The fourth-order valence-corrected chi connectivity index (χ4v) is 6.36. The van der Waals surface area contributed by atoms with Crippen molar-refractivity contribution in [3.8, 4) is 0 Å². The monoisotopic (exact) mass is 509 g/mol. The molecule has 8 nitrogen and oxygen atoms in total. The minimum atomic E-state index is -0.620. The summed E-state index contributed by atoms with van der Waals surface area (Å²) in [5.74, 6) is 0.544. The lowest BCUT2D eigenvalue weighted by Crippen LogP contribution is -2.42. The summed E-state index contributed by atoms with van der Waals surface area (Å²) in [4.78, 5) is 49.6. The van der Waals surface area contributed by atoms with Crippen molar-refractivity contribution < 1.29 is 14.4 Å². The molecular formula is C27H35N5O3S. The van der Waals surface area contributed by atoms with Crippen molar-refractivity contribution in [1.29, 1.82) is 0 Å².